The highest BCUT2D eigenvalue weighted by atomic mass is 35.5. The smallest absolute Gasteiger partial charge is 0.265 e. The highest BCUT2D eigenvalue weighted by molar-refractivity contribution is 7.99. The van der Waals surface area contributed by atoms with Crippen LogP contribution in [0.5, 0.6) is 0 Å². The van der Waals surface area contributed by atoms with Gasteiger partial charge in [-0.2, -0.15) is 8.42 Å². The highest BCUT2D eigenvalue weighted by Crippen LogP contribution is 2.64. The van der Waals surface area contributed by atoms with E-state index >= 15 is 0 Å². The van der Waals surface area contributed by atoms with Gasteiger partial charge in [0.1, 0.15) is 5.78 Å². The minimum Gasteiger partial charge on any atom is -0.395 e. The van der Waals surface area contributed by atoms with Crippen LogP contribution in [-0.2, 0) is 14.9 Å². The normalized spacial score (nSPS) is 28.2. The van der Waals surface area contributed by atoms with Crippen molar-refractivity contribution >= 4 is 44.8 Å². The zero-order chi connectivity index (χ0) is 33.7. The molecule has 6 rings (SSSR count). The molecule has 10 heteroatoms. The summed E-state index contributed by atoms with van der Waals surface area (Å²) in [4.78, 5) is 17.9. The third kappa shape index (κ3) is 6.53. The summed E-state index contributed by atoms with van der Waals surface area (Å²) >= 11 is 8.04. The van der Waals surface area contributed by atoms with Crippen LogP contribution in [-0.4, -0.2) is 85.2 Å². The molecule has 42 heavy (non-hydrogen) atoms. The highest BCUT2D eigenvalue weighted by Gasteiger charge is 2.65. The van der Waals surface area contributed by atoms with Gasteiger partial charge in [-0.15, -0.1) is 0 Å². The first-order chi connectivity index (χ1) is 21.4. The van der Waals surface area contributed by atoms with Crippen molar-refractivity contribution in [2.75, 3.05) is 51.5 Å². The number of piperazine rings is 1. The first-order valence-corrected chi connectivity index (χ1v) is 17.1. The molecule has 2 bridgehead atoms. The largest absolute Gasteiger partial charge is 0.395 e. The zero-order valence-electron chi connectivity index (χ0n) is 28.0. The van der Waals surface area contributed by atoms with E-state index in [0.717, 1.165) is 30.0 Å². The third-order valence-electron chi connectivity index (χ3n) is 9.57. The molecule has 2 aromatic carbocycles. The summed E-state index contributed by atoms with van der Waals surface area (Å²) < 4.78 is 61.5. The van der Waals surface area contributed by atoms with Crippen molar-refractivity contribution in [2.24, 2.45) is 16.7 Å². The molecule has 0 aromatic heterocycles. The van der Waals surface area contributed by atoms with Gasteiger partial charge in [-0.1, -0.05) is 61.5 Å². The summed E-state index contributed by atoms with van der Waals surface area (Å²) in [7, 11) is -4.08. The van der Waals surface area contributed by atoms with Gasteiger partial charge in [-0.05, 0) is 71.6 Å². The molecule has 7 nitrogen and oxygen atoms in total. The summed E-state index contributed by atoms with van der Waals surface area (Å²) in [6.07, 6.45) is 5.07. The average Bonchev–Trinajstić information content (AvgIpc) is 3.30. The molecule has 2 aliphatic heterocycles. The number of ketones is 1. The first kappa shape index (κ1) is 26.7. The Morgan fingerprint density at radius 1 is 1.10 bits per heavy atom. The number of halogens is 1. The molecule has 2 atom stereocenters. The van der Waals surface area contributed by atoms with Crippen molar-refractivity contribution in [3.63, 3.8) is 0 Å². The molecule has 0 amide bonds. The number of β-amino-alcohol motifs (C(OH)–C–C–N with tert-alkyl or cyclic N) is 1. The molecule has 228 valence electrons. The summed E-state index contributed by atoms with van der Waals surface area (Å²) in [5, 5.41) is 10.2. The van der Waals surface area contributed by atoms with Crippen LogP contribution in [0.2, 0.25) is 5.02 Å². The second kappa shape index (κ2) is 12.7. The molecule has 2 aliphatic carbocycles. The second-order valence-corrected chi connectivity index (χ2v) is 15.1. The molecule has 2 heterocycles. The van der Waals surface area contributed by atoms with Gasteiger partial charge in [0, 0.05) is 63.2 Å². The number of carbonyl (C=O) groups excluding carboxylic acids is 1. The van der Waals surface area contributed by atoms with E-state index in [9.17, 15) is 18.3 Å². The first-order valence-electron chi connectivity index (χ1n) is 16.3. The number of fused-ring (bicyclic) bond motifs is 4. The van der Waals surface area contributed by atoms with Crippen LogP contribution < -0.4 is 0 Å². The fraction of sp³-hybridized carbons (Fsp3) is 0.531. The molecule has 1 saturated heterocycles. The molecule has 0 radical (unpaired) electrons. The van der Waals surface area contributed by atoms with E-state index in [4.69, 9.17) is 21.6 Å². The summed E-state index contributed by atoms with van der Waals surface area (Å²) in [5.41, 5.74) is 2.44. The Balaban J connectivity index is 0.000000232. The SMILES string of the molecule is CC1(C)[C@H]2CC[C@]1(CS(=O)(=O)O)C(=O)C2.[2H]C([2H])(O)C([2H])([2H])N1CCN(CCC=C2c3ccccc3Sc3ccc(Cl)cc32)CC1. The van der Waals surface area contributed by atoms with E-state index < -0.39 is 34.3 Å². The Bertz CT molecular complexity index is 1620. The van der Waals surface area contributed by atoms with E-state index in [1.807, 2.05) is 26.0 Å². The molecule has 3 fully saturated rings. The second-order valence-electron chi connectivity index (χ2n) is 12.1. The van der Waals surface area contributed by atoms with Gasteiger partial charge < -0.3 is 10.0 Å². The van der Waals surface area contributed by atoms with Crippen LogP contribution in [0.3, 0.4) is 0 Å². The predicted molar refractivity (Wildman–Crippen MR) is 169 cm³/mol. The molecule has 0 unspecified atom stereocenters. The number of rotatable bonds is 7. The van der Waals surface area contributed by atoms with Crippen LogP contribution in [0.25, 0.3) is 5.57 Å². The van der Waals surface area contributed by atoms with Crippen LogP contribution in [0.4, 0.5) is 0 Å². The Hall–Kier alpha value is -1.72. The summed E-state index contributed by atoms with van der Waals surface area (Å²) in [5.74, 6) is -0.101. The molecular formula is C32H41ClN2O5S2. The maximum atomic E-state index is 11.9. The number of benzene rings is 2. The lowest BCUT2D eigenvalue weighted by Crippen LogP contribution is -2.47. The molecule has 2 N–H and O–H groups in total. The van der Waals surface area contributed by atoms with Crippen molar-refractivity contribution in [3.8, 4) is 0 Å². The van der Waals surface area contributed by atoms with Crippen LogP contribution >= 0.6 is 23.4 Å². The Kier molecular flexibility index (Phi) is 8.07. The Morgan fingerprint density at radius 2 is 1.79 bits per heavy atom. The Morgan fingerprint density at radius 3 is 2.43 bits per heavy atom. The van der Waals surface area contributed by atoms with Crippen molar-refractivity contribution in [3.05, 3.63) is 64.7 Å². The average molecular weight is 637 g/mol. The van der Waals surface area contributed by atoms with Gasteiger partial charge in [-0.3, -0.25) is 14.2 Å². The zero-order valence-corrected chi connectivity index (χ0v) is 26.4. The molecule has 0 spiro atoms. The van der Waals surface area contributed by atoms with Crippen LogP contribution in [0.1, 0.15) is 56.1 Å². The van der Waals surface area contributed by atoms with Crippen molar-refractivity contribution in [1.82, 2.24) is 9.80 Å². The summed E-state index contributed by atoms with van der Waals surface area (Å²) in [6.45, 7) is 1.46. The molecular weight excluding hydrogens is 592 g/mol. The molecule has 2 aromatic rings. The lowest BCUT2D eigenvalue weighted by molar-refractivity contribution is -0.128. The van der Waals surface area contributed by atoms with Gasteiger partial charge in [0.15, 0.2) is 0 Å². The van der Waals surface area contributed by atoms with E-state index in [-0.39, 0.29) is 17.1 Å². The fourth-order valence-electron chi connectivity index (χ4n) is 7.03. The number of hydrogen-bond donors (Lipinski definition) is 2. The predicted octanol–water partition coefficient (Wildman–Crippen LogP) is 5.51. The summed E-state index contributed by atoms with van der Waals surface area (Å²) in [6, 6.07) is 14.4. The van der Waals surface area contributed by atoms with E-state index in [2.05, 4.69) is 41.3 Å². The standard InChI is InChI=1S/C22H25ClN2OS.C10H16O4S/c23-17-7-8-22-20(16-17)18(19-4-1-2-6-21(19)27-22)5-3-9-24-10-12-25(13-11-24)14-15-26;1-9(2)7-3-4-10(9,8(11)5-7)6-15(12,13)14/h1-2,4-8,16,26H,3,9-15H2;7H,3-6H2,1-2H3,(H,12,13,14)/t;7-,10-/m.0/s1/i14D2,15D2;. The van der Waals surface area contributed by atoms with E-state index in [0.29, 0.717) is 39.0 Å². The molecule has 2 saturated carbocycles. The quantitative estimate of drug-likeness (QED) is 0.328. The fourth-order valence-corrected chi connectivity index (χ4v) is 9.59. The van der Waals surface area contributed by atoms with Crippen molar-refractivity contribution in [1.29, 1.82) is 0 Å². The third-order valence-corrected chi connectivity index (χ3v) is 11.8. The number of Topliss-reactive ketones (excluding diaryl/α,β-unsaturated/α-hetero) is 1. The number of nitrogens with zero attached hydrogens (tertiary/aromatic N) is 2. The van der Waals surface area contributed by atoms with Gasteiger partial charge in [0.25, 0.3) is 10.1 Å². The van der Waals surface area contributed by atoms with Crippen LogP contribution in [0.15, 0.2) is 58.3 Å². The maximum Gasteiger partial charge on any atom is 0.265 e. The van der Waals surface area contributed by atoms with Gasteiger partial charge in [0.2, 0.25) is 0 Å². The van der Waals surface area contributed by atoms with Gasteiger partial charge >= 0.3 is 0 Å². The topological polar surface area (TPSA) is 98.1 Å². The van der Waals surface area contributed by atoms with Gasteiger partial charge in [0.05, 0.1) is 20.5 Å². The minimum atomic E-state index is -4.08. The number of aliphatic hydroxyl groups is 1. The lowest BCUT2D eigenvalue weighted by atomic mass is 9.70. The Labute approximate surface area is 264 Å². The van der Waals surface area contributed by atoms with E-state index in [1.165, 1.54) is 25.8 Å². The van der Waals surface area contributed by atoms with E-state index in [1.54, 1.807) is 11.8 Å². The number of hydrogen-bond acceptors (Lipinski definition) is 7. The number of carbonyl (C=O) groups is 1. The molecule has 4 aliphatic rings. The minimum absolute atomic E-state index is 0.0152. The van der Waals surface area contributed by atoms with Crippen LogP contribution in [0, 0.1) is 16.7 Å². The van der Waals surface area contributed by atoms with Crippen molar-refractivity contribution < 1.29 is 28.4 Å². The maximum absolute atomic E-state index is 11.9. The van der Waals surface area contributed by atoms with Gasteiger partial charge in [-0.25, -0.2) is 0 Å². The van der Waals surface area contributed by atoms with Crippen molar-refractivity contribution in [2.45, 2.75) is 49.3 Å². The monoisotopic (exact) mass is 636 g/mol. The lowest BCUT2D eigenvalue weighted by Gasteiger charge is -2.35.